The molecule has 0 radical (unpaired) electrons. The lowest BCUT2D eigenvalue weighted by molar-refractivity contribution is 0.0600. The van der Waals surface area contributed by atoms with E-state index in [4.69, 9.17) is 0 Å². The van der Waals surface area contributed by atoms with Crippen molar-refractivity contribution < 1.29 is 23.8 Å². The molecule has 0 spiro atoms. The third kappa shape index (κ3) is 3.36. The number of rotatable bonds is 3. The van der Waals surface area contributed by atoms with E-state index in [9.17, 15) is 19.1 Å². The van der Waals surface area contributed by atoms with Crippen LogP contribution in [0.15, 0.2) is 42.5 Å². The summed E-state index contributed by atoms with van der Waals surface area (Å²) in [5.41, 5.74) is 0.377. The van der Waals surface area contributed by atoms with Crippen molar-refractivity contribution in [3.05, 3.63) is 59.4 Å². The van der Waals surface area contributed by atoms with E-state index in [2.05, 4.69) is 10.1 Å². The SMILES string of the molecule is COC(=O)c1ccc(NC(=O)c2cccc(F)c2)c(O)c1. The molecule has 1 amide bonds. The summed E-state index contributed by atoms with van der Waals surface area (Å²) in [5.74, 6) is -2.00. The van der Waals surface area contributed by atoms with Crippen LogP contribution in [-0.4, -0.2) is 24.1 Å². The van der Waals surface area contributed by atoms with Gasteiger partial charge in [0.15, 0.2) is 0 Å². The molecule has 108 valence electrons. The van der Waals surface area contributed by atoms with Crippen LogP contribution in [0.4, 0.5) is 10.1 Å². The van der Waals surface area contributed by atoms with Crippen LogP contribution in [0.5, 0.6) is 5.75 Å². The number of hydrogen-bond acceptors (Lipinski definition) is 4. The number of anilines is 1. The number of esters is 1. The molecule has 0 unspecified atom stereocenters. The van der Waals surface area contributed by atoms with E-state index in [-0.39, 0.29) is 22.6 Å². The van der Waals surface area contributed by atoms with E-state index in [1.54, 1.807) is 0 Å². The molecule has 6 heteroatoms. The number of carbonyl (C=O) groups is 2. The molecule has 5 nitrogen and oxygen atoms in total. The van der Waals surface area contributed by atoms with E-state index in [0.29, 0.717) is 0 Å². The van der Waals surface area contributed by atoms with Crippen molar-refractivity contribution in [1.29, 1.82) is 0 Å². The molecule has 2 aromatic carbocycles. The van der Waals surface area contributed by atoms with Gasteiger partial charge in [-0.3, -0.25) is 4.79 Å². The van der Waals surface area contributed by atoms with Crippen LogP contribution in [0.25, 0.3) is 0 Å². The minimum absolute atomic E-state index is 0.108. The zero-order chi connectivity index (χ0) is 15.4. The number of amides is 1. The van der Waals surface area contributed by atoms with E-state index in [0.717, 1.165) is 6.07 Å². The molecule has 2 rings (SSSR count). The summed E-state index contributed by atoms with van der Waals surface area (Å²) < 4.78 is 17.6. The van der Waals surface area contributed by atoms with Crippen molar-refractivity contribution in [2.75, 3.05) is 12.4 Å². The average molecular weight is 289 g/mol. The van der Waals surface area contributed by atoms with Gasteiger partial charge in [0.1, 0.15) is 11.6 Å². The standard InChI is InChI=1S/C15H12FNO4/c1-21-15(20)10-5-6-12(13(18)8-10)17-14(19)9-3-2-4-11(16)7-9/h2-8,18H,1H3,(H,17,19). The van der Waals surface area contributed by atoms with E-state index < -0.39 is 17.7 Å². The summed E-state index contributed by atoms with van der Waals surface area (Å²) >= 11 is 0. The number of methoxy groups -OCH3 is 1. The molecule has 0 aromatic heterocycles. The molecule has 0 bridgehead atoms. The lowest BCUT2D eigenvalue weighted by atomic mass is 10.1. The highest BCUT2D eigenvalue weighted by Gasteiger charge is 2.12. The maximum Gasteiger partial charge on any atom is 0.337 e. The summed E-state index contributed by atoms with van der Waals surface area (Å²) in [5, 5.41) is 12.2. The quantitative estimate of drug-likeness (QED) is 0.672. The maximum absolute atomic E-state index is 13.0. The van der Waals surface area contributed by atoms with Crippen LogP contribution in [0.2, 0.25) is 0 Å². The number of carbonyl (C=O) groups excluding carboxylic acids is 2. The predicted octanol–water partition coefficient (Wildman–Crippen LogP) is 2.57. The zero-order valence-electron chi connectivity index (χ0n) is 11.1. The van der Waals surface area contributed by atoms with Crippen molar-refractivity contribution in [3.63, 3.8) is 0 Å². The number of aromatic hydroxyl groups is 1. The lowest BCUT2D eigenvalue weighted by Gasteiger charge is -2.08. The van der Waals surface area contributed by atoms with Gasteiger partial charge in [0.05, 0.1) is 18.4 Å². The van der Waals surface area contributed by atoms with Crippen molar-refractivity contribution in [2.24, 2.45) is 0 Å². The number of hydrogen-bond donors (Lipinski definition) is 2. The molecule has 0 atom stereocenters. The second kappa shape index (κ2) is 6.04. The third-order valence-corrected chi connectivity index (χ3v) is 2.75. The minimum atomic E-state index is -0.603. The maximum atomic E-state index is 13.0. The highest BCUT2D eigenvalue weighted by atomic mass is 19.1. The summed E-state index contributed by atoms with van der Waals surface area (Å²) in [6.45, 7) is 0. The number of phenols is 1. The van der Waals surface area contributed by atoms with E-state index >= 15 is 0 Å². The van der Waals surface area contributed by atoms with Crippen LogP contribution >= 0.6 is 0 Å². The number of benzene rings is 2. The van der Waals surface area contributed by atoms with Gasteiger partial charge in [-0.2, -0.15) is 0 Å². The average Bonchev–Trinajstić information content (AvgIpc) is 2.48. The van der Waals surface area contributed by atoms with Crippen LogP contribution < -0.4 is 5.32 Å². The Labute approximate surface area is 120 Å². The molecule has 0 saturated heterocycles. The second-order valence-corrected chi connectivity index (χ2v) is 4.19. The molecule has 0 aliphatic heterocycles. The fraction of sp³-hybridized carbons (Fsp3) is 0.0667. The molecule has 0 aliphatic rings. The number of ether oxygens (including phenoxy) is 1. The Hall–Kier alpha value is -2.89. The first kappa shape index (κ1) is 14.5. The lowest BCUT2D eigenvalue weighted by Crippen LogP contribution is -2.12. The first-order valence-electron chi connectivity index (χ1n) is 5.99. The fourth-order valence-corrected chi connectivity index (χ4v) is 1.71. The largest absolute Gasteiger partial charge is 0.506 e. The highest BCUT2D eigenvalue weighted by Crippen LogP contribution is 2.25. The molecule has 0 heterocycles. The fourth-order valence-electron chi connectivity index (χ4n) is 1.71. The van der Waals surface area contributed by atoms with Crippen molar-refractivity contribution in [3.8, 4) is 5.75 Å². The molecule has 0 saturated carbocycles. The summed E-state index contributed by atoms with van der Waals surface area (Å²) in [6, 6.07) is 9.08. The molecular weight excluding hydrogens is 277 g/mol. The topological polar surface area (TPSA) is 75.6 Å². The molecule has 0 fully saturated rings. The van der Waals surface area contributed by atoms with Gasteiger partial charge in [-0.15, -0.1) is 0 Å². The summed E-state index contributed by atoms with van der Waals surface area (Å²) in [7, 11) is 1.22. The van der Waals surface area contributed by atoms with E-state index in [1.807, 2.05) is 0 Å². The third-order valence-electron chi connectivity index (χ3n) is 2.75. The Bertz CT molecular complexity index is 700. The Balaban J connectivity index is 2.20. The van der Waals surface area contributed by atoms with Gasteiger partial charge in [0.25, 0.3) is 5.91 Å². The normalized spacial score (nSPS) is 10.0. The van der Waals surface area contributed by atoms with Crippen LogP contribution in [0.1, 0.15) is 20.7 Å². The van der Waals surface area contributed by atoms with Crippen molar-refractivity contribution in [1.82, 2.24) is 0 Å². The van der Waals surface area contributed by atoms with Gasteiger partial charge in [-0.05, 0) is 36.4 Å². The molecule has 21 heavy (non-hydrogen) atoms. The molecule has 0 aliphatic carbocycles. The molecule has 2 N–H and O–H groups in total. The second-order valence-electron chi connectivity index (χ2n) is 4.19. The molecule has 2 aromatic rings. The number of halogens is 1. The number of phenolic OH excluding ortho intramolecular Hbond substituents is 1. The van der Waals surface area contributed by atoms with Gasteiger partial charge in [-0.1, -0.05) is 6.07 Å². The van der Waals surface area contributed by atoms with Gasteiger partial charge in [-0.25, -0.2) is 9.18 Å². The Morgan fingerprint density at radius 1 is 1.14 bits per heavy atom. The van der Waals surface area contributed by atoms with Crippen molar-refractivity contribution >= 4 is 17.6 Å². The van der Waals surface area contributed by atoms with Crippen LogP contribution in [-0.2, 0) is 4.74 Å². The zero-order valence-corrected chi connectivity index (χ0v) is 11.1. The predicted molar refractivity (Wildman–Crippen MR) is 73.8 cm³/mol. The summed E-state index contributed by atoms with van der Waals surface area (Å²) in [6.07, 6.45) is 0. The van der Waals surface area contributed by atoms with E-state index in [1.165, 1.54) is 43.5 Å². The first-order valence-corrected chi connectivity index (χ1v) is 5.99. The van der Waals surface area contributed by atoms with Gasteiger partial charge in [0.2, 0.25) is 0 Å². The van der Waals surface area contributed by atoms with Gasteiger partial charge in [0, 0.05) is 5.56 Å². The highest BCUT2D eigenvalue weighted by molar-refractivity contribution is 6.05. The Kier molecular flexibility index (Phi) is 4.18. The Morgan fingerprint density at radius 2 is 1.90 bits per heavy atom. The van der Waals surface area contributed by atoms with Crippen molar-refractivity contribution in [2.45, 2.75) is 0 Å². The smallest absolute Gasteiger partial charge is 0.337 e. The van der Waals surface area contributed by atoms with Crippen LogP contribution in [0.3, 0.4) is 0 Å². The van der Waals surface area contributed by atoms with Gasteiger partial charge >= 0.3 is 5.97 Å². The first-order chi connectivity index (χ1) is 10.0. The molecular formula is C15H12FNO4. The van der Waals surface area contributed by atoms with Gasteiger partial charge < -0.3 is 15.2 Å². The van der Waals surface area contributed by atoms with Crippen LogP contribution in [0, 0.1) is 5.82 Å². The number of nitrogens with one attached hydrogen (secondary N) is 1. The minimum Gasteiger partial charge on any atom is -0.506 e. The Morgan fingerprint density at radius 3 is 2.52 bits per heavy atom. The summed E-state index contributed by atoms with van der Waals surface area (Å²) in [4.78, 5) is 23.2. The monoisotopic (exact) mass is 289 g/mol.